The maximum Gasteiger partial charge on any atom is 0.407 e. The molecule has 0 saturated heterocycles. The summed E-state index contributed by atoms with van der Waals surface area (Å²) in [5.41, 5.74) is 1.91. The fourth-order valence-electron chi connectivity index (χ4n) is 4.28. The third-order valence-corrected chi connectivity index (χ3v) is 5.90. The van der Waals surface area contributed by atoms with Gasteiger partial charge in [-0.2, -0.15) is 0 Å². The number of nitro benzene ring substituents is 2. The number of hydrogen-bond donors (Lipinski definition) is 3. The number of carboxylic acid groups (broad SMARTS) is 1. The summed E-state index contributed by atoms with van der Waals surface area (Å²) in [7, 11) is 0. The van der Waals surface area contributed by atoms with E-state index in [1.807, 2.05) is 48.5 Å². The number of amides is 1. The number of nitrogens with one attached hydrogen (secondary N) is 1. The summed E-state index contributed by atoms with van der Waals surface area (Å²) in [4.78, 5) is 44.5. The van der Waals surface area contributed by atoms with E-state index in [4.69, 9.17) is 4.74 Å². The molecule has 0 spiro atoms. The van der Waals surface area contributed by atoms with Crippen LogP contribution in [0, 0.1) is 20.2 Å². The van der Waals surface area contributed by atoms with Crippen molar-refractivity contribution < 1.29 is 34.4 Å². The molecule has 0 aromatic heterocycles. The molecule has 3 N–H and O–H groups in total. The van der Waals surface area contributed by atoms with Crippen molar-refractivity contribution in [3.05, 3.63) is 97.6 Å². The second-order valence-electron chi connectivity index (χ2n) is 8.06. The zero-order valence-electron chi connectivity index (χ0n) is 18.5. The summed E-state index contributed by atoms with van der Waals surface area (Å²) < 4.78 is 5.33. The number of benzene rings is 3. The fourth-order valence-corrected chi connectivity index (χ4v) is 4.28. The van der Waals surface area contributed by atoms with E-state index in [0.29, 0.717) is 0 Å². The van der Waals surface area contributed by atoms with E-state index < -0.39 is 51.5 Å². The summed E-state index contributed by atoms with van der Waals surface area (Å²) in [5.74, 6) is -2.89. The zero-order valence-corrected chi connectivity index (χ0v) is 18.5. The highest BCUT2D eigenvalue weighted by Gasteiger charge is 2.31. The zero-order chi connectivity index (χ0) is 26.0. The second-order valence-corrected chi connectivity index (χ2v) is 8.06. The van der Waals surface area contributed by atoms with E-state index in [0.717, 1.165) is 34.4 Å². The molecule has 0 radical (unpaired) electrons. The molecule has 3 aromatic carbocycles. The van der Waals surface area contributed by atoms with Crippen LogP contribution in [0.15, 0.2) is 60.7 Å². The van der Waals surface area contributed by atoms with Crippen molar-refractivity contribution >= 4 is 23.4 Å². The summed E-state index contributed by atoms with van der Waals surface area (Å²) in [6, 6.07) is 15.3. The second kappa shape index (κ2) is 9.70. The molecule has 36 heavy (non-hydrogen) atoms. The molecule has 1 amide bonds. The number of nitro groups is 2. The highest BCUT2D eigenvalue weighted by atomic mass is 16.6. The lowest BCUT2D eigenvalue weighted by molar-refractivity contribution is -0.396. The molecule has 12 nitrogen and oxygen atoms in total. The van der Waals surface area contributed by atoms with Gasteiger partial charge in [0.1, 0.15) is 12.6 Å². The average molecular weight is 493 g/mol. The lowest BCUT2D eigenvalue weighted by Crippen LogP contribution is -2.42. The first-order valence-corrected chi connectivity index (χ1v) is 10.7. The minimum atomic E-state index is -1.61. The molecule has 1 unspecified atom stereocenters. The van der Waals surface area contributed by atoms with Gasteiger partial charge in [0, 0.05) is 24.5 Å². The first-order chi connectivity index (χ1) is 17.2. The summed E-state index contributed by atoms with van der Waals surface area (Å²) in [6.45, 7) is -0.0671. The van der Waals surface area contributed by atoms with Crippen molar-refractivity contribution in [2.45, 2.75) is 18.4 Å². The Morgan fingerprint density at radius 2 is 1.44 bits per heavy atom. The number of rotatable bonds is 8. The molecule has 0 saturated carbocycles. The summed E-state index contributed by atoms with van der Waals surface area (Å²) in [5, 5.41) is 43.8. The van der Waals surface area contributed by atoms with Gasteiger partial charge in [-0.15, -0.1) is 0 Å². The Morgan fingerprint density at radius 1 is 0.944 bits per heavy atom. The lowest BCUT2D eigenvalue weighted by Gasteiger charge is -2.17. The number of hydrogen-bond acceptors (Lipinski definition) is 8. The smallest absolute Gasteiger partial charge is 0.407 e. The van der Waals surface area contributed by atoms with E-state index in [9.17, 15) is 40.0 Å². The molecule has 0 fully saturated rings. The molecule has 1 aliphatic rings. The summed E-state index contributed by atoms with van der Waals surface area (Å²) in [6.07, 6.45) is -1.56. The van der Waals surface area contributed by atoms with Gasteiger partial charge < -0.3 is 20.3 Å². The molecule has 0 heterocycles. The standard InChI is InChI=1S/C24H19N3O9/c28-22-20(26(32)33)10-13(11-21(22)27(34)35)9-19(23(29)30)25-24(31)36-12-18-16-7-3-1-5-14(16)15-6-2-4-8-17(15)18/h1-8,10-11,18-19,28H,9,12H2,(H,25,31)(H,29,30). The molecule has 184 valence electrons. The van der Waals surface area contributed by atoms with E-state index in [-0.39, 0.29) is 18.1 Å². The van der Waals surface area contributed by atoms with Gasteiger partial charge in [0.2, 0.25) is 0 Å². The van der Waals surface area contributed by atoms with Crippen molar-refractivity contribution in [1.82, 2.24) is 5.32 Å². The molecule has 0 aliphatic heterocycles. The third kappa shape index (κ3) is 4.64. The number of aliphatic carboxylic acids is 1. The molecular formula is C24H19N3O9. The minimum absolute atomic E-state index is 0.0671. The van der Waals surface area contributed by atoms with Gasteiger partial charge in [0.15, 0.2) is 0 Å². The van der Waals surface area contributed by atoms with E-state index in [1.54, 1.807) is 0 Å². The molecule has 3 aromatic rings. The van der Waals surface area contributed by atoms with Gasteiger partial charge in [-0.1, -0.05) is 48.5 Å². The van der Waals surface area contributed by atoms with Crippen LogP contribution >= 0.6 is 0 Å². The van der Waals surface area contributed by atoms with Crippen molar-refractivity contribution in [3.8, 4) is 16.9 Å². The number of alkyl carbamates (subject to hydrolysis) is 1. The quantitative estimate of drug-likeness (QED) is 0.311. The fraction of sp³-hybridized carbons (Fsp3) is 0.167. The van der Waals surface area contributed by atoms with Crippen LogP contribution in [-0.2, 0) is 16.0 Å². The number of ether oxygens (including phenoxy) is 1. The minimum Gasteiger partial charge on any atom is -0.497 e. The number of phenolic OH excluding ortho intramolecular Hbond substituents is 1. The molecule has 1 aliphatic carbocycles. The monoisotopic (exact) mass is 493 g/mol. The van der Waals surface area contributed by atoms with Crippen molar-refractivity contribution in [3.63, 3.8) is 0 Å². The topological polar surface area (TPSA) is 182 Å². The highest BCUT2D eigenvalue weighted by molar-refractivity contribution is 5.81. The van der Waals surface area contributed by atoms with Gasteiger partial charge in [-0.3, -0.25) is 20.2 Å². The Bertz CT molecular complexity index is 1310. The Morgan fingerprint density at radius 3 is 1.92 bits per heavy atom. The predicted molar refractivity (Wildman–Crippen MR) is 125 cm³/mol. The average Bonchev–Trinajstić information content (AvgIpc) is 3.16. The number of nitrogens with zero attached hydrogens (tertiary/aromatic N) is 2. The van der Waals surface area contributed by atoms with Crippen LogP contribution in [-0.4, -0.2) is 44.8 Å². The predicted octanol–water partition coefficient (Wildman–Crippen LogP) is 3.74. The van der Waals surface area contributed by atoms with Crippen molar-refractivity contribution in [2.75, 3.05) is 6.61 Å². The van der Waals surface area contributed by atoms with Crippen LogP contribution in [0.3, 0.4) is 0 Å². The Hall–Kier alpha value is -5.00. The van der Waals surface area contributed by atoms with Crippen LogP contribution < -0.4 is 5.32 Å². The number of phenols is 1. The van der Waals surface area contributed by atoms with Gasteiger partial charge in [-0.25, -0.2) is 9.59 Å². The number of aromatic hydroxyl groups is 1. The van der Waals surface area contributed by atoms with Crippen LogP contribution in [0.5, 0.6) is 5.75 Å². The Kier molecular flexibility index (Phi) is 6.50. The van der Waals surface area contributed by atoms with Gasteiger partial charge >= 0.3 is 23.4 Å². The number of carbonyl (C=O) groups is 2. The van der Waals surface area contributed by atoms with Gasteiger partial charge in [0.05, 0.1) is 9.85 Å². The van der Waals surface area contributed by atoms with Gasteiger partial charge in [0.25, 0.3) is 5.75 Å². The molecule has 0 bridgehead atoms. The maximum absolute atomic E-state index is 12.5. The number of carbonyl (C=O) groups excluding carboxylic acids is 1. The largest absolute Gasteiger partial charge is 0.497 e. The van der Waals surface area contributed by atoms with E-state index in [1.165, 1.54) is 0 Å². The Balaban J connectivity index is 1.49. The van der Waals surface area contributed by atoms with Crippen LogP contribution in [0.2, 0.25) is 0 Å². The van der Waals surface area contributed by atoms with Gasteiger partial charge in [-0.05, 0) is 27.8 Å². The highest BCUT2D eigenvalue weighted by Crippen LogP contribution is 2.44. The number of fused-ring (bicyclic) bond motifs is 3. The lowest BCUT2D eigenvalue weighted by atomic mass is 9.98. The third-order valence-electron chi connectivity index (χ3n) is 5.90. The van der Waals surface area contributed by atoms with Crippen LogP contribution in [0.25, 0.3) is 11.1 Å². The van der Waals surface area contributed by atoms with Crippen molar-refractivity contribution in [1.29, 1.82) is 0 Å². The Labute approximate surface area is 203 Å². The normalized spacial score (nSPS) is 12.8. The van der Waals surface area contributed by atoms with Crippen LogP contribution in [0.1, 0.15) is 22.6 Å². The van der Waals surface area contributed by atoms with E-state index >= 15 is 0 Å². The first-order valence-electron chi connectivity index (χ1n) is 10.7. The van der Waals surface area contributed by atoms with Crippen molar-refractivity contribution in [2.24, 2.45) is 0 Å². The summed E-state index contributed by atoms with van der Waals surface area (Å²) >= 11 is 0. The SMILES string of the molecule is O=C(NC(Cc1cc([N+](=O)[O-])c(O)c([N+](=O)[O-])c1)C(=O)O)OCC1c2ccccc2-c2ccccc21. The van der Waals surface area contributed by atoms with E-state index in [2.05, 4.69) is 5.32 Å². The van der Waals surface area contributed by atoms with Crippen LogP contribution in [0.4, 0.5) is 16.2 Å². The molecule has 12 heteroatoms. The molecule has 4 rings (SSSR count). The molecule has 1 atom stereocenters. The number of carboxylic acids is 1. The first kappa shape index (κ1) is 24.1. The maximum atomic E-state index is 12.5. The molecular weight excluding hydrogens is 474 g/mol.